The lowest BCUT2D eigenvalue weighted by Crippen LogP contribution is -2.49. The summed E-state index contributed by atoms with van der Waals surface area (Å²) in [7, 11) is 0. The molecule has 1 aliphatic heterocycles. The van der Waals surface area contributed by atoms with Crippen LogP contribution >= 0.6 is 15.9 Å². The summed E-state index contributed by atoms with van der Waals surface area (Å²) in [6.45, 7) is 12.0. The van der Waals surface area contributed by atoms with E-state index in [-0.39, 0.29) is 6.09 Å². The van der Waals surface area contributed by atoms with Crippen LogP contribution in [0.1, 0.15) is 31.9 Å². The zero-order chi connectivity index (χ0) is 16.3. The number of benzene rings is 1. The summed E-state index contributed by atoms with van der Waals surface area (Å²) in [6.07, 6.45) is -0.203. The molecule has 0 N–H and O–H groups in total. The van der Waals surface area contributed by atoms with E-state index in [9.17, 15) is 4.79 Å². The lowest BCUT2D eigenvalue weighted by Gasteiger charge is -2.35. The van der Waals surface area contributed by atoms with Gasteiger partial charge in [0.1, 0.15) is 5.60 Å². The fourth-order valence-corrected chi connectivity index (χ4v) is 2.87. The predicted octanol–water partition coefficient (Wildman–Crippen LogP) is 3.81. The van der Waals surface area contributed by atoms with Crippen molar-refractivity contribution >= 4 is 22.0 Å². The minimum Gasteiger partial charge on any atom is -0.444 e. The Labute approximate surface area is 141 Å². The van der Waals surface area contributed by atoms with Crippen molar-refractivity contribution in [3.05, 3.63) is 33.8 Å². The second-order valence-electron chi connectivity index (χ2n) is 6.81. The van der Waals surface area contributed by atoms with Crippen molar-refractivity contribution < 1.29 is 9.53 Å². The van der Waals surface area contributed by atoms with Gasteiger partial charge in [0.2, 0.25) is 0 Å². The van der Waals surface area contributed by atoms with Crippen LogP contribution in [0, 0.1) is 6.92 Å². The van der Waals surface area contributed by atoms with Gasteiger partial charge in [-0.15, -0.1) is 0 Å². The highest BCUT2D eigenvalue weighted by molar-refractivity contribution is 9.10. The van der Waals surface area contributed by atoms with E-state index in [2.05, 4.69) is 46.0 Å². The van der Waals surface area contributed by atoms with Crippen LogP contribution < -0.4 is 0 Å². The summed E-state index contributed by atoms with van der Waals surface area (Å²) in [5, 5.41) is 0. The molecule has 0 atom stereocenters. The molecule has 0 saturated carbocycles. The molecule has 0 aromatic heterocycles. The fourth-order valence-electron chi connectivity index (χ4n) is 2.47. The Balaban J connectivity index is 1.87. The Hall–Kier alpha value is -1.07. The number of rotatable bonds is 2. The van der Waals surface area contributed by atoms with Crippen LogP contribution in [0.15, 0.2) is 22.7 Å². The maximum Gasteiger partial charge on any atom is 0.410 e. The van der Waals surface area contributed by atoms with Crippen molar-refractivity contribution in [2.75, 3.05) is 26.2 Å². The highest BCUT2D eigenvalue weighted by Crippen LogP contribution is 2.19. The number of hydrogen-bond donors (Lipinski definition) is 0. The normalized spacial score (nSPS) is 16.7. The van der Waals surface area contributed by atoms with Gasteiger partial charge in [0.15, 0.2) is 0 Å². The molecule has 4 nitrogen and oxygen atoms in total. The number of hydrogen-bond acceptors (Lipinski definition) is 3. The minimum atomic E-state index is -0.429. The first-order valence-corrected chi connectivity index (χ1v) is 8.49. The third-order valence-corrected chi connectivity index (χ3v) is 4.22. The Bertz CT molecular complexity index is 532. The molecule has 1 aromatic rings. The molecule has 1 amide bonds. The van der Waals surface area contributed by atoms with Gasteiger partial charge in [-0.25, -0.2) is 4.79 Å². The summed E-state index contributed by atoms with van der Waals surface area (Å²) in [6, 6.07) is 6.38. The Morgan fingerprint density at radius 3 is 2.45 bits per heavy atom. The van der Waals surface area contributed by atoms with Gasteiger partial charge >= 0.3 is 6.09 Å². The summed E-state index contributed by atoms with van der Waals surface area (Å²) in [5.74, 6) is 0. The molecule has 0 aliphatic carbocycles. The van der Waals surface area contributed by atoms with E-state index in [1.165, 1.54) is 11.1 Å². The van der Waals surface area contributed by atoms with Crippen LogP contribution in [0.5, 0.6) is 0 Å². The average Bonchev–Trinajstić information content (AvgIpc) is 2.42. The molecule has 0 radical (unpaired) electrons. The van der Waals surface area contributed by atoms with Crippen LogP contribution in [0.2, 0.25) is 0 Å². The number of nitrogens with zero attached hydrogens (tertiary/aromatic N) is 2. The van der Waals surface area contributed by atoms with Gasteiger partial charge in [0, 0.05) is 37.2 Å². The molecule has 1 heterocycles. The lowest BCUT2D eigenvalue weighted by atomic mass is 10.1. The third-order valence-electron chi connectivity index (χ3n) is 3.73. The number of piperazine rings is 1. The van der Waals surface area contributed by atoms with E-state index >= 15 is 0 Å². The van der Waals surface area contributed by atoms with E-state index in [1.807, 2.05) is 20.8 Å². The fraction of sp³-hybridized carbons (Fsp3) is 0.588. The molecule has 0 bridgehead atoms. The van der Waals surface area contributed by atoms with Gasteiger partial charge in [-0.3, -0.25) is 4.90 Å². The lowest BCUT2D eigenvalue weighted by molar-refractivity contribution is 0.0139. The largest absolute Gasteiger partial charge is 0.444 e. The van der Waals surface area contributed by atoms with Crippen LogP contribution in [-0.2, 0) is 11.3 Å². The third kappa shape index (κ3) is 4.99. The van der Waals surface area contributed by atoms with Crippen molar-refractivity contribution in [2.24, 2.45) is 0 Å². The molecule has 1 aliphatic rings. The zero-order valence-electron chi connectivity index (χ0n) is 13.9. The number of aryl methyl sites for hydroxylation is 1. The predicted molar refractivity (Wildman–Crippen MR) is 92.0 cm³/mol. The van der Waals surface area contributed by atoms with Gasteiger partial charge < -0.3 is 9.64 Å². The van der Waals surface area contributed by atoms with Crippen LogP contribution in [0.4, 0.5) is 4.79 Å². The number of ether oxygens (including phenoxy) is 1. The van der Waals surface area contributed by atoms with Crippen molar-refractivity contribution in [1.82, 2.24) is 9.80 Å². The van der Waals surface area contributed by atoms with Gasteiger partial charge in [-0.2, -0.15) is 0 Å². The number of carbonyl (C=O) groups is 1. The van der Waals surface area contributed by atoms with Crippen LogP contribution in [0.25, 0.3) is 0 Å². The molecule has 5 heteroatoms. The van der Waals surface area contributed by atoms with E-state index in [0.717, 1.165) is 37.2 Å². The van der Waals surface area contributed by atoms with Crippen molar-refractivity contribution in [3.63, 3.8) is 0 Å². The second kappa shape index (κ2) is 7.01. The molecule has 0 unspecified atom stereocenters. The Morgan fingerprint density at radius 2 is 1.86 bits per heavy atom. The Morgan fingerprint density at radius 1 is 1.23 bits per heavy atom. The first kappa shape index (κ1) is 17.3. The average molecular weight is 369 g/mol. The first-order chi connectivity index (χ1) is 10.2. The maximum atomic E-state index is 12.1. The van der Waals surface area contributed by atoms with E-state index in [4.69, 9.17) is 4.74 Å². The molecule has 0 spiro atoms. The summed E-state index contributed by atoms with van der Waals surface area (Å²) < 4.78 is 6.54. The SMILES string of the molecule is Cc1ccc(Br)cc1CN1CCN(C(=O)OC(C)(C)C)CC1. The van der Waals surface area contributed by atoms with Crippen molar-refractivity contribution in [2.45, 2.75) is 39.8 Å². The number of carbonyl (C=O) groups excluding carboxylic acids is 1. The van der Waals surface area contributed by atoms with E-state index in [1.54, 1.807) is 4.90 Å². The maximum absolute atomic E-state index is 12.1. The molecule has 122 valence electrons. The topological polar surface area (TPSA) is 32.8 Å². The molecule has 1 aromatic carbocycles. The monoisotopic (exact) mass is 368 g/mol. The summed E-state index contributed by atoms with van der Waals surface area (Å²) in [5.41, 5.74) is 2.21. The summed E-state index contributed by atoms with van der Waals surface area (Å²) in [4.78, 5) is 16.2. The van der Waals surface area contributed by atoms with Crippen molar-refractivity contribution in [3.8, 4) is 0 Å². The highest BCUT2D eigenvalue weighted by Gasteiger charge is 2.25. The molecular formula is C17H25BrN2O2. The van der Waals surface area contributed by atoms with Gasteiger partial charge in [0.05, 0.1) is 0 Å². The van der Waals surface area contributed by atoms with E-state index < -0.39 is 5.60 Å². The first-order valence-electron chi connectivity index (χ1n) is 7.70. The molecule has 1 fully saturated rings. The number of halogens is 1. The highest BCUT2D eigenvalue weighted by atomic mass is 79.9. The van der Waals surface area contributed by atoms with E-state index in [0.29, 0.717) is 0 Å². The summed E-state index contributed by atoms with van der Waals surface area (Å²) >= 11 is 3.53. The van der Waals surface area contributed by atoms with Crippen molar-refractivity contribution in [1.29, 1.82) is 0 Å². The van der Waals surface area contributed by atoms with Gasteiger partial charge in [-0.1, -0.05) is 22.0 Å². The smallest absolute Gasteiger partial charge is 0.410 e. The minimum absolute atomic E-state index is 0.203. The Kier molecular flexibility index (Phi) is 5.50. The quantitative estimate of drug-likeness (QED) is 0.795. The zero-order valence-corrected chi connectivity index (χ0v) is 15.4. The van der Waals surface area contributed by atoms with Gasteiger partial charge in [0.25, 0.3) is 0 Å². The van der Waals surface area contributed by atoms with Crippen LogP contribution in [0.3, 0.4) is 0 Å². The molecule has 2 rings (SSSR count). The molecule has 1 saturated heterocycles. The standard InChI is InChI=1S/C17H25BrN2O2/c1-13-5-6-15(18)11-14(13)12-19-7-9-20(10-8-19)16(21)22-17(2,3)4/h5-6,11H,7-10,12H2,1-4H3. The molecule has 22 heavy (non-hydrogen) atoms. The molecular weight excluding hydrogens is 344 g/mol. The number of amides is 1. The van der Waals surface area contributed by atoms with Crippen LogP contribution in [-0.4, -0.2) is 47.7 Å². The second-order valence-corrected chi connectivity index (χ2v) is 7.73. The van der Waals surface area contributed by atoms with Gasteiger partial charge in [-0.05, 0) is 51.0 Å².